The third-order valence-corrected chi connectivity index (χ3v) is 2.63. The predicted octanol–water partition coefficient (Wildman–Crippen LogP) is 2.98. The smallest absolute Gasteiger partial charge is 0.0717 e. The Morgan fingerprint density at radius 2 is 1.87 bits per heavy atom. The number of benzene rings is 1. The van der Waals surface area contributed by atoms with Crippen molar-refractivity contribution in [3.63, 3.8) is 0 Å². The van der Waals surface area contributed by atoms with Crippen LogP contribution in [-0.4, -0.2) is 18.3 Å². The molecule has 0 atom stereocenters. The van der Waals surface area contributed by atoms with E-state index in [-0.39, 0.29) is 12.0 Å². The number of aliphatic hydroxyl groups is 1. The van der Waals surface area contributed by atoms with Crippen LogP contribution in [0.4, 0.5) is 0 Å². The Balaban J connectivity index is 2.35. The zero-order chi connectivity index (χ0) is 11.3. The summed E-state index contributed by atoms with van der Waals surface area (Å²) in [6, 6.07) is 8.04. The first-order valence-corrected chi connectivity index (χ1v) is 5.76. The first kappa shape index (κ1) is 12.7. The van der Waals surface area contributed by atoms with Gasteiger partial charge in [-0.2, -0.15) is 0 Å². The van der Waals surface area contributed by atoms with Crippen molar-refractivity contribution in [3.8, 4) is 0 Å². The molecule has 1 aromatic rings. The van der Waals surface area contributed by atoms with E-state index >= 15 is 0 Å². The van der Waals surface area contributed by atoms with Crippen molar-refractivity contribution in [2.45, 2.75) is 20.5 Å². The molecule has 15 heavy (non-hydrogen) atoms. The lowest BCUT2D eigenvalue weighted by molar-refractivity contribution is 0.0198. The van der Waals surface area contributed by atoms with Crippen molar-refractivity contribution in [2.75, 3.05) is 13.2 Å². The molecule has 3 heteroatoms. The van der Waals surface area contributed by atoms with E-state index in [1.807, 2.05) is 38.1 Å². The van der Waals surface area contributed by atoms with Gasteiger partial charge in [0.05, 0.1) is 19.8 Å². The monoisotopic (exact) mass is 272 g/mol. The Morgan fingerprint density at radius 1 is 1.27 bits per heavy atom. The molecule has 1 rings (SSSR count). The third kappa shape index (κ3) is 4.78. The van der Waals surface area contributed by atoms with E-state index in [4.69, 9.17) is 9.84 Å². The van der Waals surface area contributed by atoms with E-state index in [9.17, 15) is 0 Å². The highest BCUT2D eigenvalue weighted by Crippen LogP contribution is 2.16. The fraction of sp³-hybridized carbons (Fsp3) is 0.500. The number of aliphatic hydroxyl groups excluding tert-OH is 1. The number of ether oxygens (including phenoxy) is 1. The van der Waals surface area contributed by atoms with Gasteiger partial charge >= 0.3 is 0 Å². The fourth-order valence-corrected chi connectivity index (χ4v) is 1.34. The molecule has 0 aliphatic rings. The molecule has 0 bridgehead atoms. The molecule has 84 valence electrons. The highest BCUT2D eigenvalue weighted by molar-refractivity contribution is 9.10. The quantitative estimate of drug-likeness (QED) is 0.893. The van der Waals surface area contributed by atoms with Crippen LogP contribution >= 0.6 is 15.9 Å². The van der Waals surface area contributed by atoms with Gasteiger partial charge in [0, 0.05) is 9.89 Å². The average Bonchev–Trinajstić information content (AvgIpc) is 2.21. The summed E-state index contributed by atoms with van der Waals surface area (Å²) in [5.74, 6) is 0. The third-order valence-electron chi connectivity index (χ3n) is 2.10. The minimum Gasteiger partial charge on any atom is -0.396 e. The summed E-state index contributed by atoms with van der Waals surface area (Å²) in [6.07, 6.45) is 0. The van der Waals surface area contributed by atoms with Crippen molar-refractivity contribution in [2.24, 2.45) is 5.41 Å². The van der Waals surface area contributed by atoms with Crippen molar-refractivity contribution in [1.82, 2.24) is 0 Å². The van der Waals surface area contributed by atoms with Gasteiger partial charge in [-0.25, -0.2) is 0 Å². The summed E-state index contributed by atoms with van der Waals surface area (Å²) in [5, 5.41) is 9.04. The summed E-state index contributed by atoms with van der Waals surface area (Å²) in [5.41, 5.74) is 0.988. The molecule has 0 unspecified atom stereocenters. The minimum atomic E-state index is -0.157. The molecule has 1 aromatic carbocycles. The SMILES string of the molecule is CC(C)(CO)COCc1ccc(Br)cc1. The Labute approximate surface area is 99.4 Å². The summed E-state index contributed by atoms with van der Waals surface area (Å²) in [7, 11) is 0. The van der Waals surface area contributed by atoms with Crippen molar-refractivity contribution in [3.05, 3.63) is 34.3 Å². The first-order chi connectivity index (χ1) is 7.03. The molecule has 0 heterocycles. The molecule has 1 N–H and O–H groups in total. The molecular weight excluding hydrogens is 256 g/mol. The van der Waals surface area contributed by atoms with Crippen LogP contribution in [0.3, 0.4) is 0 Å². The second kappa shape index (κ2) is 5.64. The number of hydrogen-bond acceptors (Lipinski definition) is 2. The van der Waals surface area contributed by atoms with Gasteiger partial charge in [-0.1, -0.05) is 41.9 Å². The molecule has 0 saturated heterocycles. The van der Waals surface area contributed by atoms with E-state index in [1.54, 1.807) is 0 Å². The lowest BCUT2D eigenvalue weighted by atomic mass is 9.97. The van der Waals surface area contributed by atoms with Crippen LogP contribution in [0.25, 0.3) is 0 Å². The van der Waals surface area contributed by atoms with Crippen molar-refractivity contribution >= 4 is 15.9 Å². The lowest BCUT2D eigenvalue weighted by Crippen LogP contribution is -2.23. The average molecular weight is 273 g/mol. The van der Waals surface area contributed by atoms with Gasteiger partial charge in [0.15, 0.2) is 0 Å². The second-order valence-corrected chi connectivity index (χ2v) is 5.36. The molecular formula is C12H17BrO2. The molecule has 0 aromatic heterocycles. The van der Waals surface area contributed by atoms with Gasteiger partial charge in [0.25, 0.3) is 0 Å². The summed E-state index contributed by atoms with van der Waals surface area (Å²) in [6.45, 7) is 5.27. The lowest BCUT2D eigenvalue weighted by Gasteiger charge is -2.21. The van der Waals surface area contributed by atoms with Gasteiger partial charge < -0.3 is 9.84 Å². The number of hydrogen-bond donors (Lipinski definition) is 1. The van der Waals surface area contributed by atoms with Crippen LogP contribution < -0.4 is 0 Å². The van der Waals surface area contributed by atoms with E-state index in [0.717, 1.165) is 10.0 Å². The van der Waals surface area contributed by atoms with E-state index < -0.39 is 0 Å². The first-order valence-electron chi connectivity index (χ1n) is 4.96. The predicted molar refractivity (Wildman–Crippen MR) is 64.7 cm³/mol. The highest BCUT2D eigenvalue weighted by atomic mass is 79.9. The number of halogens is 1. The van der Waals surface area contributed by atoms with Crippen LogP contribution in [0.15, 0.2) is 28.7 Å². The largest absolute Gasteiger partial charge is 0.396 e. The van der Waals surface area contributed by atoms with E-state index in [1.165, 1.54) is 0 Å². The summed E-state index contributed by atoms with van der Waals surface area (Å²) in [4.78, 5) is 0. The van der Waals surface area contributed by atoms with Gasteiger partial charge in [0.2, 0.25) is 0 Å². The maximum Gasteiger partial charge on any atom is 0.0717 e. The normalized spacial score (nSPS) is 11.7. The molecule has 0 amide bonds. The van der Waals surface area contributed by atoms with E-state index in [0.29, 0.717) is 13.2 Å². The van der Waals surface area contributed by atoms with Gasteiger partial charge in [0.1, 0.15) is 0 Å². The highest BCUT2D eigenvalue weighted by Gasteiger charge is 2.16. The van der Waals surface area contributed by atoms with Crippen LogP contribution in [0.1, 0.15) is 19.4 Å². The molecule has 0 saturated carbocycles. The summed E-state index contributed by atoms with van der Waals surface area (Å²) < 4.78 is 6.61. The molecule has 2 nitrogen and oxygen atoms in total. The molecule has 0 radical (unpaired) electrons. The van der Waals surface area contributed by atoms with Gasteiger partial charge in [-0.15, -0.1) is 0 Å². The Kier molecular flexibility index (Phi) is 4.77. The zero-order valence-electron chi connectivity index (χ0n) is 9.16. The molecule has 0 fully saturated rings. The van der Waals surface area contributed by atoms with Crippen LogP contribution in [0.5, 0.6) is 0 Å². The number of rotatable bonds is 5. The molecule has 0 spiro atoms. The Hall–Kier alpha value is -0.380. The standard InChI is InChI=1S/C12H17BrO2/c1-12(2,8-14)9-15-7-10-3-5-11(13)6-4-10/h3-6,14H,7-9H2,1-2H3. The molecule has 0 aliphatic heterocycles. The minimum absolute atomic E-state index is 0.146. The maximum absolute atomic E-state index is 9.04. The van der Waals surface area contributed by atoms with Crippen molar-refractivity contribution < 1.29 is 9.84 Å². The van der Waals surface area contributed by atoms with Gasteiger partial charge in [-0.3, -0.25) is 0 Å². The van der Waals surface area contributed by atoms with Crippen LogP contribution in [0.2, 0.25) is 0 Å². The molecule has 0 aliphatic carbocycles. The second-order valence-electron chi connectivity index (χ2n) is 4.44. The Bertz CT molecular complexity index is 293. The van der Waals surface area contributed by atoms with Crippen molar-refractivity contribution in [1.29, 1.82) is 0 Å². The topological polar surface area (TPSA) is 29.5 Å². The maximum atomic E-state index is 9.04. The Morgan fingerprint density at radius 3 is 2.40 bits per heavy atom. The zero-order valence-corrected chi connectivity index (χ0v) is 10.8. The fourth-order valence-electron chi connectivity index (χ4n) is 1.07. The van der Waals surface area contributed by atoms with Crippen LogP contribution in [-0.2, 0) is 11.3 Å². The van der Waals surface area contributed by atoms with Crippen LogP contribution in [0, 0.1) is 5.41 Å². The van der Waals surface area contributed by atoms with E-state index in [2.05, 4.69) is 15.9 Å². The summed E-state index contributed by atoms with van der Waals surface area (Å²) >= 11 is 3.38. The van der Waals surface area contributed by atoms with Gasteiger partial charge in [-0.05, 0) is 17.7 Å².